The van der Waals surface area contributed by atoms with Gasteiger partial charge in [-0.1, -0.05) is 12.7 Å². The average Bonchev–Trinajstić information content (AvgIpc) is 2.18. The van der Waals surface area contributed by atoms with Crippen LogP contribution in [0.15, 0.2) is 29.5 Å². The summed E-state index contributed by atoms with van der Waals surface area (Å²) in [6.45, 7) is 10.1. The van der Waals surface area contributed by atoms with Crippen LogP contribution in [0.25, 0.3) is 0 Å². The van der Waals surface area contributed by atoms with Crippen molar-refractivity contribution in [1.29, 1.82) is 0 Å². The van der Waals surface area contributed by atoms with Crippen molar-refractivity contribution in [2.24, 2.45) is 4.99 Å². The zero-order chi connectivity index (χ0) is 9.68. The van der Waals surface area contributed by atoms with Crippen LogP contribution in [0.3, 0.4) is 0 Å². The van der Waals surface area contributed by atoms with Crippen molar-refractivity contribution in [1.82, 2.24) is 4.90 Å². The molecule has 13 heavy (non-hydrogen) atoms. The first kappa shape index (κ1) is 10.0. The van der Waals surface area contributed by atoms with Crippen LogP contribution in [0.5, 0.6) is 0 Å². The van der Waals surface area contributed by atoms with Gasteiger partial charge < -0.3 is 4.90 Å². The fourth-order valence-electron chi connectivity index (χ4n) is 1.79. The summed E-state index contributed by atoms with van der Waals surface area (Å²) in [5, 5.41) is 0. The van der Waals surface area contributed by atoms with Crippen LogP contribution in [-0.4, -0.2) is 23.7 Å². The number of hydrogen-bond donors (Lipinski definition) is 0. The Morgan fingerprint density at radius 3 is 2.92 bits per heavy atom. The van der Waals surface area contributed by atoms with E-state index in [0.29, 0.717) is 0 Å². The number of rotatable bonds is 2. The highest BCUT2D eigenvalue weighted by Gasteiger charge is 2.17. The molecule has 1 saturated heterocycles. The number of nitrogens with zero attached hydrogens (tertiary/aromatic N) is 2. The molecule has 2 nitrogen and oxygen atoms in total. The van der Waals surface area contributed by atoms with Gasteiger partial charge >= 0.3 is 0 Å². The molecule has 0 aromatic carbocycles. The molecule has 1 rings (SSSR count). The van der Waals surface area contributed by atoms with Gasteiger partial charge in [-0.15, -0.1) is 0 Å². The minimum Gasteiger partial charge on any atom is -0.371 e. The van der Waals surface area contributed by atoms with Gasteiger partial charge in [0.2, 0.25) is 0 Å². The fourth-order valence-corrected chi connectivity index (χ4v) is 1.79. The van der Waals surface area contributed by atoms with Crippen LogP contribution >= 0.6 is 0 Å². The van der Waals surface area contributed by atoms with E-state index in [1.54, 1.807) is 6.20 Å². The third-order valence-electron chi connectivity index (χ3n) is 2.38. The largest absolute Gasteiger partial charge is 0.371 e. The van der Waals surface area contributed by atoms with Crippen molar-refractivity contribution in [3.05, 3.63) is 24.6 Å². The Bertz CT molecular complexity index is 238. The summed E-state index contributed by atoms with van der Waals surface area (Å²) >= 11 is 0. The topological polar surface area (TPSA) is 15.6 Å². The predicted molar refractivity (Wildman–Crippen MR) is 57.9 cm³/mol. The molecule has 0 aromatic rings. The molecule has 0 spiro atoms. The molecular formula is C11H18N2. The summed E-state index contributed by atoms with van der Waals surface area (Å²) in [5.41, 5.74) is 2.47. The molecule has 0 N–H and O–H groups in total. The molecule has 1 aliphatic heterocycles. The van der Waals surface area contributed by atoms with Crippen LogP contribution in [0.2, 0.25) is 0 Å². The van der Waals surface area contributed by atoms with Gasteiger partial charge in [-0.2, -0.15) is 0 Å². The summed E-state index contributed by atoms with van der Waals surface area (Å²) in [6, 6.07) is 0. The molecule has 0 aromatic heterocycles. The van der Waals surface area contributed by atoms with Gasteiger partial charge in [0.15, 0.2) is 0 Å². The first-order valence-electron chi connectivity index (χ1n) is 4.92. The molecular weight excluding hydrogens is 160 g/mol. The van der Waals surface area contributed by atoms with E-state index in [9.17, 15) is 0 Å². The molecule has 0 bridgehead atoms. The van der Waals surface area contributed by atoms with E-state index in [2.05, 4.69) is 36.4 Å². The second-order valence-electron chi connectivity index (χ2n) is 3.12. The Labute approximate surface area is 80.7 Å². The van der Waals surface area contributed by atoms with Gasteiger partial charge in [-0.05, 0) is 26.7 Å². The van der Waals surface area contributed by atoms with Crippen LogP contribution in [0.4, 0.5) is 0 Å². The quantitative estimate of drug-likeness (QED) is 0.634. The number of aliphatic imine (C=N–C) groups is 1. The van der Waals surface area contributed by atoms with Crippen molar-refractivity contribution in [2.75, 3.05) is 13.1 Å². The first-order valence-corrected chi connectivity index (χ1v) is 4.92. The lowest BCUT2D eigenvalue weighted by Gasteiger charge is -2.31. The lowest BCUT2D eigenvalue weighted by Crippen LogP contribution is -2.33. The molecule has 0 amide bonds. The number of likely N-dealkylation sites (tertiary alicyclic amines) is 1. The number of allylic oxidation sites excluding steroid dienone is 2. The van der Waals surface area contributed by atoms with Crippen molar-refractivity contribution in [3.63, 3.8) is 0 Å². The van der Waals surface area contributed by atoms with Gasteiger partial charge in [0.1, 0.15) is 0 Å². The molecule has 0 radical (unpaired) electrons. The Balaban J connectivity index is 2.86. The Kier molecular flexibility index (Phi) is 3.74. The summed E-state index contributed by atoms with van der Waals surface area (Å²) in [7, 11) is 0. The summed E-state index contributed by atoms with van der Waals surface area (Å²) in [5.74, 6) is 0. The van der Waals surface area contributed by atoms with Crippen LogP contribution in [-0.2, 0) is 0 Å². The van der Waals surface area contributed by atoms with Crippen molar-refractivity contribution >= 4 is 5.71 Å². The first-order chi connectivity index (χ1) is 6.33. The SMILES string of the molecule is C=CN=C1CCCN(CC)/C1=C/C. The van der Waals surface area contributed by atoms with Crippen LogP contribution in [0, 0.1) is 0 Å². The third-order valence-corrected chi connectivity index (χ3v) is 2.38. The third kappa shape index (κ3) is 2.20. The molecule has 2 heteroatoms. The van der Waals surface area contributed by atoms with Crippen molar-refractivity contribution in [3.8, 4) is 0 Å². The molecule has 1 aliphatic rings. The maximum absolute atomic E-state index is 4.30. The molecule has 0 atom stereocenters. The molecule has 72 valence electrons. The lowest BCUT2D eigenvalue weighted by atomic mass is 10.0. The Morgan fingerprint density at radius 1 is 1.62 bits per heavy atom. The second kappa shape index (κ2) is 4.85. The highest BCUT2D eigenvalue weighted by molar-refractivity contribution is 6.00. The van der Waals surface area contributed by atoms with Crippen LogP contribution < -0.4 is 0 Å². The van der Waals surface area contributed by atoms with Gasteiger partial charge in [0.05, 0.1) is 11.4 Å². The standard InChI is InChI=1S/C11H18N2/c1-4-11-10(12-5-2)8-7-9-13(11)6-3/h4-5H,2,6-9H2,1,3H3/b11-4+,12-10?. The maximum Gasteiger partial charge on any atom is 0.0633 e. The minimum atomic E-state index is 1.07. The summed E-state index contributed by atoms with van der Waals surface area (Å²) < 4.78 is 0. The highest BCUT2D eigenvalue weighted by Crippen LogP contribution is 2.18. The van der Waals surface area contributed by atoms with Gasteiger partial charge in [-0.25, -0.2) is 0 Å². The van der Waals surface area contributed by atoms with Gasteiger partial charge in [0.25, 0.3) is 0 Å². The minimum absolute atomic E-state index is 1.07. The molecule has 0 saturated carbocycles. The van der Waals surface area contributed by atoms with Gasteiger partial charge in [0, 0.05) is 19.3 Å². The summed E-state index contributed by atoms with van der Waals surface area (Å²) in [6.07, 6.45) is 6.07. The molecule has 0 aliphatic carbocycles. The summed E-state index contributed by atoms with van der Waals surface area (Å²) in [4.78, 5) is 6.67. The molecule has 1 heterocycles. The number of hydrogen-bond acceptors (Lipinski definition) is 2. The van der Waals surface area contributed by atoms with Crippen LogP contribution in [0.1, 0.15) is 26.7 Å². The lowest BCUT2D eigenvalue weighted by molar-refractivity contribution is 0.358. The van der Waals surface area contributed by atoms with E-state index in [1.807, 2.05) is 0 Å². The van der Waals surface area contributed by atoms with E-state index in [4.69, 9.17) is 0 Å². The Hall–Kier alpha value is -1.05. The van der Waals surface area contributed by atoms with E-state index in [-0.39, 0.29) is 0 Å². The maximum atomic E-state index is 4.30. The van der Waals surface area contributed by atoms with Gasteiger partial charge in [-0.3, -0.25) is 4.99 Å². The average molecular weight is 178 g/mol. The monoisotopic (exact) mass is 178 g/mol. The zero-order valence-electron chi connectivity index (χ0n) is 8.58. The van der Waals surface area contributed by atoms with E-state index < -0.39 is 0 Å². The second-order valence-corrected chi connectivity index (χ2v) is 3.12. The Morgan fingerprint density at radius 2 is 2.38 bits per heavy atom. The van der Waals surface area contributed by atoms with Crippen molar-refractivity contribution < 1.29 is 0 Å². The van der Waals surface area contributed by atoms with E-state index >= 15 is 0 Å². The fraction of sp³-hybridized carbons (Fsp3) is 0.545. The highest BCUT2D eigenvalue weighted by atomic mass is 15.1. The van der Waals surface area contributed by atoms with Crippen molar-refractivity contribution in [2.45, 2.75) is 26.7 Å². The van der Waals surface area contributed by atoms with E-state index in [0.717, 1.165) is 19.5 Å². The normalized spacial score (nSPS) is 24.0. The molecule has 1 fully saturated rings. The van der Waals surface area contributed by atoms with E-state index in [1.165, 1.54) is 17.8 Å². The predicted octanol–water partition coefficient (Wildman–Crippen LogP) is 2.59. The zero-order valence-corrected chi connectivity index (χ0v) is 8.58. The number of piperidine rings is 1. The smallest absolute Gasteiger partial charge is 0.0633 e. The molecule has 0 unspecified atom stereocenters.